The van der Waals surface area contributed by atoms with Crippen molar-refractivity contribution in [3.8, 4) is 0 Å². The molecule has 1 amide bonds. The number of nitrogens with zero attached hydrogens (tertiary/aromatic N) is 3. The fourth-order valence-electron chi connectivity index (χ4n) is 5.71. The molecule has 3 heterocycles. The maximum absolute atomic E-state index is 13.6. The van der Waals surface area contributed by atoms with Gasteiger partial charge in [-0.25, -0.2) is 0 Å². The molecule has 14 heteroatoms. The molecule has 6 nitrogen and oxygen atoms in total. The number of rotatable bonds is 7. The van der Waals surface area contributed by atoms with Gasteiger partial charge in [-0.15, -0.1) is 24.8 Å². The summed E-state index contributed by atoms with van der Waals surface area (Å²) in [5.74, 6) is -0.834. The summed E-state index contributed by atoms with van der Waals surface area (Å²) in [7, 11) is 0. The minimum atomic E-state index is -5.03. The number of hydrogen-bond acceptors (Lipinski definition) is 4. The van der Waals surface area contributed by atoms with Crippen LogP contribution in [0.15, 0.2) is 48.7 Å². The van der Waals surface area contributed by atoms with E-state index in [1.165, 1.54) is 4.90 Å². The van der Waals surface area contributed by atoms with Crippen LogP contribution < -0.4 is 0 Å². The van der Waals surface area contributed by atoms with Crippen molar-refractivity contribution in [2.45, 2.75) is 31.2 Å². The number of morpholine rings is 1. The van der Waals surface area contributed by atoms with E-state index >= 15 is 0 Å². The predicted molar refractivity (Wildman–Crippen MR) is 156 cm³/mol. The molecule has 3 aromatic rings. The zero-order valence-electron chi connectivity index (χ0n) is 23.2. The van der Waals surface area contributed by atoms with Crippen LogP contribution in [0.4, 0.5) is 26.3 Å². The zero-order chi connectivity index (χ0) is 29.2. The van der Waals surface area contributed by atoms with Gasteiger partial charge in [0.05, 0.1) is 24.3 Å². The molecule has 0 bridgehead atoms. The fourth-order valence-corrected chi connectivity index (χ4v) is 5.71. The highest BCUT2D eigenvalue weighted by atomic mass is 35.5. The molecule has 1 atom stereocenters. The van der Waals surface area contributed by atoms with E-state index in [-0.39, 0.29) is 37.4 Å². The highest BCUT2D eigenvalue weighted by Gasteiger charge is 2.39. The van der Waals surface area contributed by atoms with Crippen LogP contribution in [0, 0.1) is 0 Å². The minimum Gasteiger partial charge on any atom is -0.379 e. The number of ether oxygens (including phenoxy) is 1. The van der Waals surface area contributed by atoms with Gasteiger partial charge in [0.15, 0.2) is 0 Å². The van der Waals surface area contributed by atoms with Crippen LogP contribution >= 0.6 is 24.8 Å². The van der Waals surface area contributed by atoms with Gasteiger partial charge in [0.2, 0.25) is 0 Å². The van der Waals surface area contributed by atoms with Crippen LogP contribution in [0.3, 0.4) is 0 Å². The van der Waals surface area contributed by atoms with Crippen LogP contribution in [0.25, 0.3) is 10.9 Å². The van der Waals surface area contributed by atoms with Crippen molar-refractivity contribution < 1.29 is 35.9 Å². The number of alkyl halides is 6. The summed E-state index contributed by atoms with van der Waals surface area (Å²) in [5.41, 5.74) is -1.77. The third-order valence-corrected chi connectivity index (χ3v) is 7.85. The van der Waals surface area contributed by atoms with Crippen molar-refractivity contribution in [2.75, 3.05) is 59.0 Å². The maximum Gasteiger partial charge on any atom is 0.416 e. The Labute approximate surface area is 258 Å². The van der Waals surface area contributed by atoms with Gasteiger partial charge in [-0.2, -0.15) is 26.3 Å². The topological polar surface area (TPSA) is 51.8 Å². The van der Waals surface area contributed by atoms with Gasteiger partial charge in [0.25, 0.3) is 5.91 Å². The van der Waals surface area contributed by atoms with Gasteiger partial charge in [0, 0.05) is 61.4 Å². The van der Waals surface area contributed by atoms with Gasteiger partial charge >= 0.3 is 12.4 Å². The van der Waals surface area contributed by atoms with Crippen molar-refractivity contribution >= 4 is 41.6 Å². The van der Waals surface area contributed by atoms with Crippen LogP contribution in [-0.2, 0) is 23.5 Å². The number of H-pyrrole nitrogens is 1. The molecule has 238 valence electrons. The average molecular weight is 656 g/mol. The molecular weight excluding hydrogens is 621 g/mol. The van der Waals surface area contributed by atoms with Gasteiger partial charge in [0.1, 0.15) is 0 Å². The van der Waals surface area contributed by atoms with Gasteiger partial charge in [-0.1, -0.05) is 18.2 Å². The third kappa shape index (κ3) is 8.57. The number of fused-ring (bicyclic) bond motifs is 1. The van der Waals surface area contributed by atoms with Gasteiger partial charge in [-0.3, -0.25) is 14.6 Å². The lowest BCUT2D eigenvalue weighted by molar-refractivity contribution is -0.143. The number of carbonyl (C=O) groups excluding carboxylic acids is 1. The summed E-state index contributed by atoms with van der Waals surface area (Å²) in [6.45, 7) is 5.97. The van der Waals surface area contributed by atoms with Crippen molar-refractivity contribution in [2.24, 2.45) is 0 Å². The Morgan fingerprint density at radius 1 is 0.860 bits per heavy atom. The number of hydrogen-bond donors (Lipinski definition) is 1. The van der Waals surface area contributed by atoms with E-state index in [0.29, 0.717) is 44.9 Å². The molecule has 0 saturated carbocycles. The number of amides is 1. The molecule has 2 aromatic carbocycles. The number of aromatic amines is 1. The number of benzene rings is 2. The zero-order valence-corrected chi connectivity index (χ0v) is 24.8. The van der Waals surface area contributed by atoms with E-state index in [2.05, 4.69) is 14.8 Å². The summed E-state index contributed by atoms with van der Waals surface area (Å²) in [4.78, 5) is 22.8. The van der Waals surface area contributed by atoms with Crippen LogP contribution in [0.2, 0.25) is 0 Å². The van der Waals surface area contributed by atoms with Crippen LogP contribution in [0.5, 0.6) is 0 Å². The van der Waals surface area contributed by atoms with E-state index in [0.717, 1.165) is 49.1 Å². The van der Waals surface area contributed by atoms with Gasteiger partial charge < -0.3 is 14.6 Å². The average Bonchev–Trinajstić information content (AvgIpc) is 3.35. The summed E-state index contributed by atoms with van der Waals surface area (Å²) in [6, 6.07) is 8.30. The first-order valence-electron chi connectivity index (χ1n) is 13.7. The van der Waals surface area contributed by atoms with Crippen molar-refractivity contribution in [3.63, 3.8) is 0 Å². The fraction of sp³-hybridized carbons (Fsp3) is 0.483. The number of aromatic nitrogens is 1. The van der Waals surface area contributed by atoms with Gasteiger partial charge in [-0.05, 0) is 55.8 Å². The van der Waals surface area contributed by atoms with E-state index < -0.39 is 41.0 Å². The van der Waals surface area contributed by atoms with Crippen molar-refractivity contribution in [1.82, 2.24) is 19.7 Å². The van der Waals surface area contributed by atoms with E-state index in [1.807, 2.05) is 30.5 Å². The largest absolute Gasteiger partial charge is 0.416 e. The molecule has 2 fully saturated rings. The summed E-state index contributed by atoms with van der Waals surface area (Å²) >= 11 is 0. The first-order valence-corrected chi connectivity index (χ1v) is 13.7. The first kappa shape index (κ1) is 35.0. The van der Waals surface area contributed by atoms with Crippen molar-refractivity contribution in [3.05, 3.63) is 70.9 Å². The summed E-state index contributed by atoms with van der Waals surface area (Å²) in [5, 5.41) is 0.961. The Hall–Kier alpha value is -2.51. The second kappa shape index (κ2) is 14.5. The van der Waals surface area contributed by atoms with E-state index in [9.17, 15) is 31.1 Å². The molecule has 2 aliphatic rings. The molecule has 0 spiro atoms. The Morgan fingerprint density at radius 2 is 1.49 bits per heavy atom. The second-order valence-electron chi connectivity index (χ2n) is 10.6. The Kier molecular flexibility index (Phi) is 11.8. The summed E-state index contributed by atoms with van der Waals surface area (Å²) < 4.78 is 86.5. The molecular formula is C29H34Cl2F6N4O2. The number of halogens is 8. The number of piperazine rings is 1. The predicted octanol–water partition coefficient (Wildman–Crippen LogP) is 6.14. The molecule has 0 unspecified atom stereocenters. The normalized spacial score (nSPS) is 18.7. The smallest absolute Gasteiger partial charge is 0.379 e. The number of nitrogens with one attached hydrogen (secondary N) is 1. The SMILES string of the molecule is Cl.Cl.O=C(c1cc(C(F)(F)F)cc(C(F)(F)F)c1)N1CCN(CCCN2CCOCC2)C[C@H]1Cc1c[nH]c2ccccc12. The molecule has 2 saturated heterocycles. The Balaban J connectivity index is 0.00000253. The standard InChI is InChI=1S/C29H32F6N4O2.2ClH/c30-28(31,32)22-14-20(15-23(17-22)29(33,34)35)27(40)39-9-8-38(7-3-6-37-10-12-41-13-11-37)19-24(39)16-21-18-36-26-5-2-1-4-25(21)26;;/h1-2,4-5,14-15,17-18,24,36H,3,6-13,16,19H2;2*1H/t24-;;/m1../s1. The molecule has 43 heavy (non-hydrogen) atoms. The molecule has 0 aliphatic carbocycles. The third-order valence-electron chi connectivity index (χ3n) is 7.85. The molecule has 1 N–H and O–H groups in total. The number of carbonyl (C=O) groups is 1. The van der Waals surface area contributed by atoms with Crippen LogP contribution in [-0.4, -0.2) is 90.7 Å². The molecule has 0 radical (unpaired) electrons. The van der Waals surface area contributed by atoms with E-state index in [4.69, 9.17) is 4.74 Å². The minimum absolute atomic E-state index is 0. The molecule has 1 aromatic heterocycles. The lowest BCUT2D eigenvalue weighted by Crippen LogP contribution is -2.56. The lowest BCUT2D eigenvalue weighted by Gasteiger charge is -2.42. The highest BCUT2D eigenvalue weighted by molar-refractivity contribution is 5.95. The highest BCUT2D eigenvalue weighted by Crippen LogP contribution is 2.37. The summed E-state index contributed by atoms with van der Waals surface area (Å²) in [6.07, 6.45) is -6.91. The maximum atomic E-state index is 13.6. The Morgan fingerprint density at radius 3 is 2.14 bits per heavy atom. The first-order chi connectivity index (χ1) is 19.5. The van der Waals surface area contributed by atoms with Crippen LogP contribution in [0.1, 0.15) is 33.5 Å². The van der Waals surface area contributed by atoms with E-state index in [1.54, 1.807) is 0 Å². The molecule has 2 aliphatic heterocycles. The number of para-hydroxylation sites is 1. The monoisotopic (exact) mass is 654 g/mol. The second-order valence-corrected chi connectivity index (χ2v) is 10.6. The van der Waals surface area contributed by atoms with Crippen molar-refractivity contribution in [1.29, 1.82) is 0 Å². The Bertz CT molecular complexity index is 1330. The lowest BCUT2D eigenvalue weighted by atomic mass is 9.98. The molecule has 5 rings (SSSR count). The quantitative estimate of drug-likeness (QED) is 0.311.